The minimum atomic E-state index is -1.20. The SMILES string of the molecule is CCCCCCCCCCCC(OOC(C)(C)C)C(=O)[O-]. The van der Waals surface area contributed by atoms with Crippen molar-refractivity contribution in [1.82, 2.24) is 0 Å². The van der Waals surface area contributed by atoms with Crippen molar-refractivity contribution in [2.45, 2.75) is 104 Å². The summed E-state index contributed by atoms with van der Waals surface area (Å²) in [7, 11) is 0. The fourth-order valence-corrected chi connectivity index (χ4v) is 2.05. The molecule has 126 valence electrons. The number of carboxylic acid groups (broad SMARTS) is 1. The average molecular weight is 301 g/mol. The maximum absolute atomic E-state index is 11.0. The van der Waals surface area contributed by atoms with Crippen molar-refractivity contribution in [3.63, 3.8) is 0 Å². The first kappa shape index (κ1) is 20.4. The lowest BCUT2D eigenvalue weighted by atomic mass is 10.1. The van der Waals surface area contributed by atoms with Gasteiger partial charge >= 0.3 is 0 Å². The lowest BCUT2D eigenvalue weighted by Crippen LogP contribution is -2.39. The molecule has 0 saturated heterocycles. The molecule has 0 bridgehead atoms. The van der Waals surface area contributed by atoms with E-state index in [-0.39, 0.29) is 0 Å². The van der Waals surface area contributed by atoms with Crippen LogP contribution in [-0.4, -0.2) is 17.7 Å². The Balaban J connectivity index is 3.59. The number of carboxylic acids is 1. The molecule has 0 fully saturated rings. The summed E-state index contributed by atoms with van der Waals surface area (Å²) < 4.78 is 0. The molecule has 1 atom stereocenters. The lowest BCUT2D eigenvalue weighted by Gasteiger charge is -2.23. The molecule has 0 aromatic carbocycles. The Hall–Kier alpha value is -0.610. The zero-order valence-corrected chi connectivity index (χ0v) is 14.3. The van der Waals surface area contributed by atoms with E-state index in [4.69, 9.17) is 9.78 Å². The number of hydrogen-bond donors (Lipinski definition) is 0. The topological polar surface area (TPSA) is 58.6 Å². The molecule has 0 saturated carbocycles. The Morgan fingerprint density at radius 1 is 0.952 bits per heavy atom. The molecule has 0 spiro atoms. The molecular weight excluding hydrogens is 268 g/mol. The van der Waals surface area contributed by atoms with Crippen LogP contribution in [0.2, 0.25) is 0 Å². The third kappa shape index (κ3) is 14.1. The standard InChI is InChI=1S/C17H34O4/c1-5-6-7-8-9-10-11-12-13-14-15(16(18)19)20-21-17(2,3)4/h15H,5-14H2,1-4H3,(H,18,19)/p-1. The Bertz CT molecular complexity index is 258. The monoisotopic (exact) mass is 301 g/mol. The van der Waals surface area contributed by atoms with Crippen molar-refractivity contribution in [3.05, 3.63) is 0 Å². The summed E-state index contributed by atoms with van der Waals surface area (Å²) in [6.07, 6.45) is 10.3. The second kappa shape index (κ2) is 12.0. The Morgan fingerprint density at radius 2 is 1.43 bits per heavy atom. The Labute approximate surface area is 130 Å². The van der Waals surface area contributed by atoms with Crippen LogP contribution < -0.4 is 5.11 Å². The highest BCUT2D eigenvalue weighted by Gasteiger charge is 2.17. The van der Waals surface area contributed by atoms with Crippen molar-refractivity contribution in [2.24, 2.45) is 0 Å². The van der Waals surface area contributed by atoms with Crippen LogP contribution in [-0.2, 0) is 14.6 Å². The molecule has 0 radical (unpaired) electrons. The number of carbonyl (C=O) groups is 1. The minimum absolute atomic E-state index is 0.453. The third-order valence-corrected chi connectivity index (χ3v) is 3.25. The highest BCUT2D eigenvalue weighted by Crippen LogP contribution is 2.15. The summed E-state index contributed by atoms with van der Waals surface area (Å²) in [4.78, 5) is 21.0. The summed E-state index contributed by atoms with van der Waals surface area (Å²) in [6, 6.07) is 0. The van der Waals surface area contributed by atoms with E-state index in [9.17, 15) is 9.90 Å². The number of unbranched alkanes of at least 4 members (excludes halogenated alkanes) is 8. The van der Waals surface area contributed by atoms with Crippen molar-refractivity contribution < 1.29 is 19.7 Å². The van der Waals surface area contributed by atoms with Crippen molar-refractivity contribution in [3.8, 4) is 0 Å². The molecule has 0 heterocycles. The predicted octanol–water partition coefficient (Wildman–Crippen LogP) is 3.77. The summed E-state index contributed by atoms with van der Waals surface area (Å²) in [5.41, 5.74) is -0.508. The quantitative estimate of drug-likeness (QED) is 0.295. The van der Waals surface area contributed by atoms with Gasteiger partial charge in [-0.3, -0.25) is 0 Å². The minimum Gasteiger partial charge on any atom is -0.547 e. The number of aliphatic carboxylic acids is 1. The van der Waals surface area contributed by atoms with Gasteiger partial charge in [-0.05, 0) is 27.2 Å². The van der Waals surface area contributed by atoms with Crippen LogP contribution in [0.4, 0.5) is 0 Å². The Morgan fingerprint density at radius 3 is 1.86 bits per heavy atom. The van der Waals surface area contributed by atoms with E-state index < -0.39 is 17.7 Å². The van der Waals surface area contributed by atoms with Crippen molar-refractivity contribution >= 4 is 5.97 Å². The van der Waals surface area contributed by atoms with Gasteiger partial charge in [0.15, 0.2) is 0 Å². The van der Waals surface area contributed by atoms with Crippen molar-refractivity contribution in [1.29, 1.82) is 0 Å². The summed E-state index contributed by atoms with van der Waals surface area (Å²) in [6.45, 7) is 7.67. The highest BCUT2D eigenvalue weighted by molar-refractivity contribution is 5.69. The van der Waals surface area contributed by atoms with Crippen LogP contribution in [0.25, 0.3) is 0 Å². The molecule has 21 heavy (non-hydrogen) atoms. The fraction of sp³-hybridized carbons (Fsp3) is 0.941. The van der Waals surface area contributed by atoms with E-state index in [1.165, 1.54) is 38.5 Å². The van der Waals surface area contributed by atoms with E-state index in [2.05, 4.69) is 6.92 Å². The first-order valence-corrected chi connectivity index (χ1v) is 8.42. The van der Waals surface area contributed by atoms with Gasteiger partial charge in [0.2, 0.25) is 0 Å². The van der Waals surface area contributed by atoms with Gasteiger partial charge in [0, 0.05) is 0 Å². The largest absolute Gasteiger partial charge is 0.547 e. The van der Waals surface area contributed by atoms with Crippen LogP contribution in [0.5, 0.6) is 0 Å². The number of rotatable bonds is 13. The first-order chi connectivity index (χ1) is 9.87. The second-order valence-corrected chi connectivity index (χ2v) is 6.72. The molecule has 0 N–H and O–H groups in total. The van der Waals surface area contributed by atoms with Crippen LogP contribution in [0, 0.1) is 0 Å². The second-order valence-electron chi connectivity index (χ2n) is 6.72. The lowest BCUT2D eigenvalue weighted by molar-refractivity contribution is -0.392. The molecule has 0 aliphatic carbocycles. The molecule has 0 aromatic rings. The van der Waals surface area contributed by atoms with E-state index in [1.54, 1.807) is 0 Å². The third-order valence-electron chi connectivity index (χ3n) is 3.25. The molecule has 0 amide bonds. The van der Waals surface area contributed by atoms with E-state index in [0.717, 1.165) is 19.3 Å². The van der Waals surface area contributed by atoms with E-state index in [1.807, 2.05) is 20.8 Å². The molecule has 4 heteroatoms. The van der Waals surface area contributed by atoms with E-state index in [0.29, 0.717) is 6.42 Å². The molecule has 0 rings (SSSR count). The van der Waals surface area contributed by atoms with Gasteiger partial charge in [0.25, 0.3) is 0 Å². The van der Waals surface area contributed by atoms with Crippen LogP contribution in [0.1, 0.15) is 91.9 Å². The van der Waals surface area contributed by atoms with Crippen molar-refractivity contribution in [2.75, 3.05) is 0 Å². The zero-order valence-electron chi connectivity index (χ0n) is 14.3. The van der Waals surface area contributed by atoms with Crippen LogP contribution in [0.15, 0.2) is 0 Å². The van der Waals surface area contributed by atoms with Gasteiger partial charge in [-0.25, -0.2) is 9.78 Å². The van der Waals surface area contributed by atoms with Gasteiger partial charge in [-0.2, -0.15) is 0 Å². The molecular formula is C17H33O4-. The first-order valence-electron chi connectivity index (χ1n) is 8.42. The Kier molecular flexibility index (Phi) is 11.6. The molecule has 0 aromatic heterocycles. The van der Waals surface area contributed by atoms with Gasteiger partial charge in [-0.1, -0.05) is 64.7 Å². The van der Waals surface area contributed by atoms with Crippen LogP contribution >= 0.6 is 0 Å². The number of carbonyl (C=O) groups excluding carboxylic acids is 1. The van der Waals surface area contributed by atoms with Gasteiger partial charge in [-0.15, -0.1) is 0 Å². The zero-order chi connectivity index (χ0) is 16.1. The predicted molar refractivity (Wildman–Crippen MR) is 82.6 cm³/mol. The maximum Gasteiger partial charge on any atom is 0.132 e. The molecule has 4 nitrogen and oxygen atoms in total. The molecule has 1 unspecified atom stereocenters. The highest BCUT2D eigenvalue weighted by atomic mass is 17.2. The molecule has 0 aliphatic heterocycles. The van der Waals surface area contributed by atoms with Gasteiger partial charge in [0.05, 0.1) is 11.6 Å². The average Bonchev–Trinajstić information content (AvgIpc) is 2.38. The van der Waals surface area contributed by atoms with E-state index >= 15 is 0 Å². The fourth-order valence-electron chi connectivity index (χ4n) is 2.05. The molecule has 0 aliphatic rings. The van der Waals surface area contributed by atoms with Gasteiger partial charge in [0.1, 0.15) is 6.10 Å². The van der Waals surface area contributed by atoms with Crippen LogP contribution in [0.3, 0.4) is 0 Å². The summed E-state index contributed by atoms with van der Waals surface area (Å²) in [5.74, 6) is -1.20. The number of hydrogen-bond acceptors (Lipinski definition) is 4. The summed E-state index contributed by atoms with van der Waals surface area (Å²) >= 11 is 0. The summed E-state index contributed by atoms with van der Waals surface area (Å²) in [5, 5.41) is 11.0. The normalized spacial score (nSPS) is 13.3. The van der Waals surface area contributed by atoms with Gasteiger partial charge < -0.3 is 9.90 Å². The smallest absolute Gasteiger partial charge is 0.132 e. The maximum atomic E-state index is 11.0.